The molecule has 0 unspecified atom stereocenters. The standard InChI is InChI=1S/C14H8ClF3N2/c15-13-9(5-6-19)7-10(8-20-13)11-3-1-2-4-12(11)14(16,17)18/h1-4,7-8H,5H2. The first-order valence-electron chi connectivity index (χ1n) is 5.61. The van der Waals surface area contributed by atoms with Crippen LogP contribution in [-0.4, -0.2) is 4.98 Å². The van der Waals surface area contributed by atoms with Crippen molar-refractivity contribution >= 4 is 11.6 Å². The van der Waals surface area contributed by atoms with Crippen LogP contribution in [0.4, 0.5) is 13.2 Å². The number of hydrogen-bond acceptors (Lipinski definition) is 2. The Morgan fingerprint density at radius 1 is 1.25 bits per heavy atom. The van der Waals surface area contributed by atoms with Gasteiger partial charge in [-0.3, -0.25) is 0 Å². The van der Waals surface area contributed by atoms with Crippen molar-refractivity contribution in [1.29, 1.82) is 5.26 Å². The molecule has 0 radical (unpaired) electrons. The summed E-state index contributed by atoms with van der Waals surface area (Å²) in [7, 11) is 0. The van der Waals surface area contributed by atoms with Crippen molar-refractivity contribution in [3.8, 4) is 17.2 Å². The number of nitriles is 1. The highest BCUT2D eigenvalue weighted by atomic mass is 35.5. The summed E-state index contributed by atoms with van der Waals surface area (Å²) in [4.78, 5) is 3.84. The van der Waals surface area contributed by atoms with Gasteiger partial charge in [0.15, 0.2) is 0 Å². The number of pyridine rings is 1. The van der Waals surface area contributed by atoms with E-state index >= 15 is 0 Å². The van der Waals surface area contributed by atoms with Gasteiger partial charge in [0, 0.05) is 17.3 Å². The Kier molecular flexibility index (Phi) is 3.96. The maximum Gasteiger partial charge on any atom is 0.417 e. The van der Waals surface area contributed by atoms with Crippen LogP contribution >= 0.6 is 11.6 Å². The van der Waals surface area contributed by atoms with Crippen LogP contribution in [0.3, 0.4) is 0 Å². The Bertz CT molecular complexity index is 675. The molecule has 0 amide bonds. The van der Waals surface area contributed by atoms with Gasteiger partial charge < -0.3 is 0 Å². The van der Waals surface area contributed by atoms with Crippen molar-refractivity contribution in [2.24, 2.45) is 0 Å². The average molecular weight is 297 g/mol. The van der Waals surface area contributed by atoms with Gasteiger partial charge in [-0.1, -0.05) is 29.8 Å². The third-order valence-electron chi connectivity index (χ3n) is 2.72. The molecule has 0 bridgehead atoms. The lowest BCUT2D eigenvalue weighted by Crippen LogP contribution is -2.07. The molecule has 6 heteroatoms. The third-order valence-corrected chi connectivity index (χ3v) is 3.06. The smallest absolute Gasteiger partial charge is 0.244 e. The minimum atomic E-state index is -4.45. The Balaban J connectivity index is 2.58. The molecule has 0 saturated heterocycles. The molecule has 0 atom stereocenters. The fraction of sp³-hybridized carbons (Fsp3) is 0.143. The molecule has 0 aliphatic carbocycles. The Morgan fingerprint density at radius 2 is 1.95 bits per heavy atom. The summed E-state index contributed by atoms with van der Waals surface area (Å²) in [6.07, 6.45) is -3.19. The van der Waals surface area contributed by atoms with Crippen molar-refractivity contribution in [3.05, 3.63) is 52.8 Å². The second-order valence-electron chi connectivity index (χ2n) is 4.05. The van der Waals surface area contributed by atoms with E-state index in [-0.39, 0.29) is 22.7 Å². The van der Waals surface area contributed by atoms with Gasteiger partial charge in [-0.05, 0) is 17.7 Å². The van der Waals surface area contributed by atoms with Gasteiger partial charge in [-0.25, -0.2) is 4.98 Å². The zero-order valence-electron chi connectivity index (χ0n) is 10.1. The van der Waals surface area contributed by atoms with Gasteiger partial charge in [0.1, 0.15) is 5.15 Å². The number of rotatable bonds is 2. The molecule has 0 N–H and O–H groups in total. The largest absolute Gasteiger partial charge is 0.417 e. The zero-order valence-corrected chi connectivity index (χ0v) is 10.8. The molecule has 0 spiro atoms. The number of aromatic nitrogens is 1. The van der Waals surface area contributed by atoms with Crippen molar-refractivity contribution in [2.75, 3.05) is 0 Å². The number of benzene rings is 1. The molecular weight excluding hydrogens is 289 g/mol. The lowest BCUT2D eigenvalue weighted by molar-refractivity contribution is -0.137. The summed E-state index contributed by atoms with van der Waals surface area (Å²) in [5.74, 6) is 0. The van der Waals surface area contributed by atoms with Gasteiger partial charge >= 0.3 is 6.18 Å². The van der Waals surface area contributed by atoms with Gasteiger partial charge in [-0.15, -0.1) is 0 Å². The van der Waals surface area contributed by atoms with E-state index in [0.29, 0.717) is 5.56 Å². The Morgan fingerprint density at radius 3 is 2.60 bits per heavy atom. The van der Waals surface area contributed by atoms with Crippen molar-refractivity contribution in [1.82, 2.24) is 4.98 Å². The monoisotopic (exact) mass is 296 g/mol. The van der Waals surface area contributed by atoms with Crippen LogP contribution in [0.25, 0.3) is 11.1 Å². The SMILES string of the molecule is N#CCc1cc(-c2ccccc2C(F)(F)F)cnc1Cl. The molecule has 0 saturated carbocycles. The van der Waals surface area contributed by atoms with E-state index < -0.39 is 11.7 Å². The predicted molar refractivity (Wildman–Crippen MR) is 69.0 cm³/mol. The van der Waals surface area contributed by atoms with E-state index in [2.05, 4.69) is 4.98 Å². The van der Waals surface area contributed by atoms with Gasteiger partial charge in [0.25, 0.3) is 0 Å². The van der Waals surface area contributed by atoms with Crippen LogP contribution in [0.5, 0.6) is 0 Å². The van der Waals surface area contributed by atoms with E-state index in [1.165, 1.54) is 30.5 Å². The minimum Gasteiger partial charge on any atom is -0.244 e. The van der Waals surface area contributed by atoms with Gasteiger partial charge in [-0.2, -0.15) is 18.4 Å². The highest BCUT2D eigenvalue weighted by Crippen LogP contribution is 2.37. The first kappa shape index (κ1) is 14.4. The number of nitrogens with zero attached hydrogens (tertiary/aromatic N) is 2. The topological polar surface area (TPSA) is 36.7 Å². The fourth-order valence-corrected chi connectivity index (χ4v) is 2.00. The highest BCUT2D eigenvalue weighted by molar-refractivity contribution is 6.30. The van der Waals surface area contributed by atoms with Crippen LogP contribution in [-0.2, 0) is 12.6 Å². The second-order valence-corrected chi connectivity index (χ2v) is 4.41. The summed E-state index contributed by atoms with van der Waals surface area (Å²) in [5.41, 5.74) is -0.0356. The molecule has 2 aromatic rings. The van der Waals surface area contributed by atoms with Crippen LogP contribution in [0.1, 0.15) is 11.1 Å². The molecule has 1 aromatic heterocycles. The summed E-state index contributed by atoms with van der Waals surface area (Å²) in [5, 5.41) is 8.80. The third kappa shape index (κ3) is 2.91. The Hall–Kier alpha value is -2.06. The van der Waals surface area contributed by atoms with Crippen molar-refractivity contribution < 1.29 is 13.2 Å². The maximum absolute atomic E-state index is 13.0. The number of halogens is 4. The summed E-state index contributed by atoms with van der Waals surface area (Å²) >= 11 is 5.81. The molecule has 1 heterocycles. The molecule has 102 valence electrons. The molecule has 0 aliphatic rings. The quantitative estimate of drug-likeness (QED) is 0.766. The van der Waals surface area contributed by atoms with Gasteiger partial charge in [0.05, 0.1) is 18.1 Å². The summed E-state index contributed by atoms with van der Waals surface area (Å²) in [6.45, 7) is 0. The first-order valence-corrected chi connectivity index (χ1v) is 5.99. The van der Waals surface area contributed by atoms with Crippen LogP contribution < -0.4 is 0 Å². The van der Waals surface area contributed by atoms with Crippen LogP contribution in [0.15, 0.2) is 36.5 Å². The predicted octanol–water partition coefficient (Wildman–Crippen LogP) is 4.49. The maximum atomic E-state index is 13.0. The molecule has 0 aliphatic heterocycles. The molecule has 20 heavy (non-hydrogen) atoms. The lowest BCUT2D eigenvalue weighted by atomic mass is 9.99. The van der Waals surface area contributed by atoms with E-state index in [9.17, 15) is 13.2 Å². The minimum absolute atomic E-state index is 0.00609. The second kappa shape index (κ2) is 5.51. The molecule has 0 fully saturated rings. The summed E-state index contributed by atoms with van der Waals surface area (Å²) in [6, 6.07) is 8.58. The number of hydrogen-bond donors (Lipinski definition) is 0. The van der Waals surface area contributed by atoms with E-state index in [1.54, 1.807) is 0 Å². The molecule has 2 rings (SSSR count). The van der Waals surface area contributed by atoms with Crippen molar-refractivity contribution in [3.63, 3.8) is 0 Å². The van der Waals surface area contributed by atoms with Gasteiger partial charge in [0.2, 0.25) is 0 Å². The Labute approximate surface area is 118 Å². The van der Waals surface area contributed by atoms with E-state index in [4.69, 9.17) is 16.9 Å². The highest BCUT2D eigenvalue weighted by Gasteiger charge is 2.33. The normalized spacial score (nSPS) is 11.2. The summed E-state index contributed by atoms with van der Waals surface area (Å²) < 4.78 is 38.9. The first-order chi connectivity index (χ1) is 9.43. The zero-order chi connectivity index (χ0) is 14.8. The number of alkyl halides is 3. The molecular formula is C14H8ClF3N2. The molecule has 2 nitrogen and oxygen atoms in total. The lowest BCUT2D eigenvalue weighted by Gasteiger charge is -2.13. The fourth-order valence-electron chi connectivity index (χ4n) is 1.83. The molecule has 1 aromatic carbocycles. The van der Waals surface area contributed by atoms with Crippen LogP contribution in [0, 0.1) is 11.3 Å². The van der Waals surface area contributed by atoms with E-state index in [0.717, 1.165) is 6.07 Å². The van der Waals surface area contributed by atoms with Crippen molar-refractivity contribution in [2.45, 2.75) is 12.6 Å². The van der Waals surface area contributed by atoms with Crippen LogP contribution in [0.2, 0.25) is 5.15 Å². The van der Waals surface area contributed by atoms with E-state index in [1.807, 2.05) is 6.07 Å². The average Bonchev–Trinajstić information content (AvgIpc) is 2.41.